The number of methoxy groups -OCH3 is 2. The Bertz CT molecular complexity index is 884. The lowest BCUT2D eigenvalue weighted by Gasteiger charge is -2.23. The van der Waals surface area contributed by atoms with Gasteiger partial charge in [0.15, 0.2) is 23.1 Å². The van der Waals surface area contributed by atoms with Gasteiger partial charge >= 0.3 is 6.09 Å². The van der Waals surface area contributed by atoms with E-state index in [0.29, 0.717) is 18.4 Å². The number of rotatable bonds is 3. The molecule has 1 amide bonds. The molecule has 0 aliphatic carbocycles. The number of ether oxygens (including phenoxy) is 2. The van der Waals surface area contributed by atoms with E-state index in [0.717, 1.165) is 5.57 Å². The fraction of sp³-hybridized carbons (Fsp3) is 0.312. The average molecular weight is 348 g/mol. The Balaban J connectivity index is 2.10. The summed E-state index contributed by atoms with van der Waals surface area (Å²) in [5, 5.41) is 9.32. The molecule has 1 aliphatic rings. The molecule has 132 valence electrons. The predicted molar refractivity (Wildman–Crippen MR) is 89.2 cm³/mol. The van der Waals surface area contributed by atoms with Crippen LogP contribution in [-0.2, 0) is 0 Å². The van der Waals surface area contributed by atoms with Crippen molar-refractivity contribution >= 4 is 28.4 Å². The zero-order chi connectivity index (χ0) is 18.1. The van der Waals surface area contributed by atoms with Gasteiger partial charge in [-0.2, -0.15) is 0 Å². The first kappa shape index (κ1) is 16.7. The van der Waals surface area contributed by atoms with Crippen LogP contribution in [0.15, 0.2) is 12.1 Å². The fourth-order valence-corrected chi connectivity index (χ4v) is 2.74. The molecule has 9 heteroatoms. The molecule has 0 atom stereocenters. The molecule has 0 bridgehead atoms. The molecule has 3 rings (SSSR count). The van der Waals surface area contributed by atoms with Gasteiger partial charge in [0.05, 0.1) is 14.2 Å². The number of benzene rings is 1. The lowest BCUT2D eigenvalue weighted by molar-refractivity contribution is 0.150. The number of aromatic nitrogens is 2. The van der Waals surface area contributed by atoms with Gasteiger partial charge in [-0.15, -0.1) is 0 Å². The molecular weight excluding hydrogens is 331 g/mol. The summed E-state index contributed by atoms with van der Waals surface area (Å²) < 4.78 is 24.9. The third-order valence-electron chi connectivity index (χ3n) is 4.07. The van der Waals surface area contributed by atoms with E-state index in [9.17, 15) is 9.18 Å². The molecule has 0 fully saturated rings. The van der Waals surface area contributed by atoms with E-state index in [1.165, 1.54) is 25.2 Å². The van der Waals surface area contributed by atoms with Crippen LogP contribution in [0.5, 0.6) is 11.5 Å². The van der Waals surface area contributed by atoms with Gasteiger partial charge in [-0.3, -0.25) is 0 Å². The van der Waals surface area contributed by atoms with Crippen LogP contribution in [0.2, 0.25) is 0 Å². The Morgan fingerprint density at radius 3 is 2.68 bits per heavy atom. The smallest absolute Gasteiger partial charge is 0.407 e. The summed E-state index contributed by atoms with van der Waals surface area (Å²) in [6.45, 7) is 0.539. The molecule has 8 nitrogen and oxygen atoms in total. The molecule has 3 N–H and O–H groups in total. The van der Waals surface area contributed by atoms with Crippen LogP contribution < -0.4 is 15.2 Å². The Labute approximate surface area is 142 Å². The molecular formula is C16H17FN4O4. The maximum Gasteiger partial charge on any atom is 0.407 e. The van der Waals surface area contributed by atoms with Crippen LogP contribution in [-0.4, -0.2) is 53.4 Å². The first-order valence-corrected chi connectivity index (χ1v) is 7.51. The van der Waals surface area contributed by atoms with Crippen LogP contribution in [0.4, 0.5) is 15.0 Å². The van der Waals surface area contributed by atoms with E-state index in [1.807, 2.05) is 0 Å². The second-order valence-electron chi connectivity index (χ2n) is 5.46. The Morgan fingerprint density at radius 2 is 2.12 bits per heavy atom. The molecule has 1 aliphatic heterocycles. The monoisotopic (exact) mass is 348 g/mol. The van der Waals surface area contributed by atoms with E-state index < -0.39 is 11.9 Å². The van der Waals surface area contributed by atoms with Crippen molar-refractivity contribution in [1.82, 2.24) is 14.9 Å². The lowest BCUT2D eigenvalue weighted by Crippen LogP contribution is -2.33. The van der Waals surface area contributed by atoms with Crippen molar-refractivity contribution in [1.29, 1.82) is 0 Å². The van der Waals surface area contributed by atoms with Gasteiger partial charge in [-0.25, -0.2) is 19.2 Å². The van der Waals surface area contributed by atoms with Gasteiger partial charge in [0.1, 0.15) is 11.3 Å². The molecule has 0 unspecified atom stereocenters. The third-order valence-corrected chi connectivity index (χ3v) is 4.07. The molecule has 0 saturated carbocycles. The van der Waals surface area contributed by atoms with Gasteiger partial charge in [0.25, 0.3) is 0 Å². The van der Waals surface area contributed by atoms with E-state index in [1.54, 1.807) is 6.08 Å². The number of carbonyl (C=O) groups is 1. The Morgan fingerprint density at radius 1 is 1.36 bits per heavy atom. The number of halogens is 1. The lowest BCUT2D eigenvalue weighted by atomic mass is 10.1. The minimum atomic E-state index is -0.989. The largest absolute Gasteiger partial charge is 0.493 e. The molecule has 0 radical (unpaired) electrons. The molecule has 0 saturated heterocycles. The van der Waals surface area contributed by atoms with Gasteiger partial charge < -0.3 is 25.2 Å². The molecule has 0 spiro atoms. The number of hydrogen-bond acceptors (Lipinski definition) is 6. The predicted octanol–water partition coefficient (Wildman–Crippen LogP) is 2.14. The van der Waals surface area contributed by atoms with Crippen LogP contribution in [0, 0.1) is 5.82 Å². The SMILES string of the molecule is COc1cc2c(N)nc(C3=CCN(C(=O)O)CC3)nc2c(F)c1OC. The van der Waals surface area contributed by atoms with Crippen molar-refractivity contribution in [2.24, 2.45) is 0 Å². The summed E-state index contributed by atoms with van der Waals surface area (Å²) in [6.07, 6.45) is 1.14. The number of carboxylic acid groups (broad SMARTS) is 1. The maximum atomic E-state index is 14.8. The van der Waals surface area contributed by atoms with Crippen LogP contribution >= 0.6 is 0 Å². The highest BCUT2D eigenvalue weighted by atomic mass is 19.1. The number of anilines is 1. The Kier molecular flexibility index (Phi) is 4.30. The van der Waals surface area contributed by atoms with Crippen molar-refractivity contribution in [3.8, 4) is 11.5 Å². The number of nitrogens with zero attached hydrogens (tertiary/aromatic N) is 3. The second-order valence-corrected chi connectivity index (χ2v) is 5.46. The highest BCUT2D eigenvalue weighted by molar-refractivity contribution is 5.92. The zero-order valence-corrected chi connectivity index (χ0v) is 13.7. The van der Waals surface area contributed by atoms with Crippen molar-refractivity contribution in [3.63, 3.8) is 0 Å². The van der Waals surface area contributed by atoms with E-state index in [4.69, 9.17) is 20.3 Å². The number of hydrogen-bond donors (Lipinski definition) is 2. The van der Waals surface area contributed by atoms with Gasteiger partial charge in [-0.1, -0.05) is 6.08 Å². The van der Waals surface area contributed by atoms with Crippen LogP contribution in [0.3, 0.4) is 0 Å². The van der Waals surface area contributed by atoms with Crippen LogP contribution in [0.25, 0.3) is 16.5 Å². The highest BCUT2D eigenvalue weighted by Gasteiger charge is 2.22. The summed E-state index contributed by atoms with van der Waals surface area (Å²) in [5.74, 6) is -0.156. The standard InChI is InChI=1S/C16H17FN4O4/c1-24-10-7-9-12(11(17)13(10)25-2)19-15(20-14(9)18)8-3-5-21(6-4-8)16(22)23/h3,7H,4-6H2,1-2H3,(H,22,23)(H2,18,19,20). The first-order chi connectivity index (χ1) is 12.0. The minimum absolute atomic E-state index is 0.0294. The van der Waals surface area contributed by atoms with Crippen molar-refractivity contribution in [2.75, 3.05) is 33.0 Å². The quantitative estimate of drug-likeness (QED) is 0.874. The van der Waals surface area contributed by atoms with Gasteiger partial charge in [-0.05, 0) is 18.1 Å². The van der Waals surface area contributed by atoms with Crippen LogP contribution in [0.1, 0.15) is 12.2 Å². The molecule has 2 heterocycles. The van der Waals surface area contributed by atoms with E-state index in [2.05, 4.69) is 9.97 Å². The summed E-state index contributed by atoms with van der Waals surface area (Å²) >= 11 is 0. The minimum Gasteiger partial charge on any atom is -0.493 e. The van der Waals surface area contributed by atoms with Crippen molar-refractivity contribution < 1.29 is 23.8 Å². The van der Waals surface area contributed by atoms with Crippen molar-refractivity contribution in [3.05, 3.63) is 23.8 Å². The second kappa shape index (κ2) is 6.42. The molecule has 25 heavy (non-hydrogen) atoms. The van der Waals surface area contributed by atoms with Gasteiger partial charge in [0, 0.05) is 18.5 Å². The highest BCUT2D eigenvalue weighted by Crippen LogP contribution is 2.37. The topological polar surface area (TPSA) is 111 Å². The molecule has 2 aromatic rings. The zero-order valence-electron chi connectivity index (χ0n) is 13.7. The van der Waals surface area contributed by atoms with E-state index in [-0.39, 0.29) is 35.2 Å². The number of nitrogen functional groups attached to an aromatic ring is 1. The summed E-state index contributed by atoms with van der Waals surface area (Å²) in [4.78, 5) is 20.8. The summed E-state index contributed by atoms with van der Waals surface area (Å²) in [6, 6.07) is 1.53. The number of amides is 1. The number of fused-ring (bicyclic) bond motifs is 1. The summed E-state index contributed by atoms with van der Waals surface area (Å²) in [5.41, 5.74) is 6.73. The molecule has 1 aromatic carbocycles. The fourth-order valence-electron chi connectivity index (χ4n) is 2.74. The maximum absolute atomic E-state index is 14.8. The van der Waals surface area contributed by atoms with Gasteiger partial charge in [0.2, 0.25) is 0 Å². The number of nitrogens with two attached hydrogens (primary N) is 1. The van der Waals surface area contributed by atoms with E-state index >= 15 is 0 Å². The molecule has 1 aromatic heterocycles. The summed E-state index contributed by atoms with van der Waals surface area (Å²) in [7, 11) is 2.73. The normalized spacial score (nSPS) is 14.4. The van der Waals surface area contributed by atoms with Crippen molar-refractivity contribution in [2.45, 2.75) is 6.42 Å². The average Bonchev–Trinajstić information content (AvgIpc) is 2.62. The third kappa shape index (κ3) is 2.88. The Hall–Kier alpha value is -3.10. The first-order valence-electron chi connectivity index (χ1n) is 7.51.